The monoisotopic (exact) mass is 971 g/mol. The Morgan fingerprint density at radius 2 is 0.859 bits per heavy atom. The van der Waals surface area contributed by atoms with Crippen LogP contribution >= 0.6 is 0 Å². The van der Waals surface area contributed by atoms with Crippen molar-refractivity contribution in [1.82, 2.24) is 20.0 Å². The number of aliphatic hydroxyl groups is 2. The maximum Gasteiger partial charge on any atom is 0.254 e. The molecule has 0 aliphatic rings. The Kier molecular flexibility index (Phi) is 29.7. The van der Waals surface area contributed by atoms with Crippen LogP contribution < -0.4 is 14.8 Å². The van der Waals surface area contributed by atoms with E-state index in [0.717, 1.165) is 79.4 Å². The van der Waals surface area contributed by atoms with Crippen molar-refractivity contribution in [2.75, 3.05) is 78.8 Å². The SMILES string of the molecule is CCCCCc1ccc(C(=O)N(CCN(CCCC)CCCC)Cc2ccc(-c3ccc(OCCO)cc3)cc2)cc1.CCCCN(CCCC)CCNCc1ccc(-c2ccc(OCCO)cc2)cc1. The summed E-state index contributed by atoms with van der Waals surface area (Å²) in [6.07, 6.45) is 14.6. The van der Waals surface area contributed by atoms with Gasteiger partial charge in [-0.25, -0.2) is 0 Å². The molecule has 0 fully saturated rings. The van der Waals surface area contributed by atoms with E-state index in [1.54, 1.807) is 0 Å². The van der Waals surface area contributed by atoms with Gasteiger partial charge in [0.25, 0.3) is 5.91 Å². The minimum absolute atomic E-state index is 0.00258. The normalized spacial score (nSPS) is 11.2. The second-order valence-electron chi connectivity index (χ2n) is 18.7. The van der Waals surface area contributed by atoms with E-state index in [4.69, 9.17) is 19.7 Å². The zero-order valence-corrected chi connectivity index (χ0v) is 44.4. The average Bonchev–Trinajstić information content (AvgIpc) is 3.41. The Hall–Kier alpha value is -5.03. The molecule has 0 heterocycles. The highest BCUT2D eigenvalue weighted by atomic mass is 16.5. The van der Waals surface area contributed by atoms with E-state index in [0.29, 0.717) is 26.3 Å². The topological polar surface area (TPSA) is 97.7 Å². The Morgan fingerprint density at radius 3 is 1.30 bits per heavy atom. The molecule has 388 valence electrons. The van der Waals surface area contributed by atoms with Crippen molar-refractivity contribution in [2.24, 2.45) is 0 Å². The summed E-state index contributed by atoms with van der Waals surface area (Å²) in [5.74, 6) is 1.64. The predicted octanol–water partition coefficient (Wildman–Crippen LogP) is 12.7. The molecule has 9 nitrogen and oxygen atoms in total. The molecular formula is C62H90N4O5. The Balaban J connectivity index is 0.000000330. The molecule has 1 amide bonds. The first-order valence-corrected chi connectivity index (χ1v) is 27.2. The van der Waals surface area contributed by atoms with Gasteiger partial charge in [-0.05, 0) is 140 Å². The molecule has 9 heteroatoms. The van der Waals surface area contributed by atoms with Gasteiger partial charge in [-0.2, -0.15) is 0 Å². The van der Waals surface area contributed by atoms with Gasteiger partial charge in [0, 0.05) is 44.8 Å². The Bertz CT molecular complexity index is 2080. The molecule has 5 rings (SSSR count). The number of hydrogen-bond donors (Lipinski definition) is 3. The lowest BCUT2D eigenvalue weighted by atomic mass is 10.0. The van der Waals surface area contributed by atoms with Crippen molar-refractivity contribution >= 4 is 5.91 Å². The zero-order valence-electron chi connectivity index (χ0n) is 44.4. The summed E-state index contributed by atoms with van der Waals surface area (Å²) >= 11 is 0. The molecule has 5 aromatic rings. The number of nitrogens with one attached hydrogen (secondary N) is 1. The van der Waals surface area contributed by atoms with E-state index < -0.39 is 0 Å². The maximum absolute atomic E-state index is 13.8. The van der Waals surface area contributed by atoms with Crippen LogP contribution in [0, 0.1) is 0 Å². The number of rotatable bonds is 35. The van der Waals surface area contributed by atoms with E-state index in [-0.39, 0.29) is 19.1 Å². The first-order chi connectivity index (χ1) is 34.8. The van der Waals surface area contributed by atoms with Gasteiger partial charge in [-0.3, -0.25) is 4.79 Å². The van der Waals surface area contributed by atoms with E-state index in [1.807, 2.05) is 53.4 Å². The van der Waals surface area contributed by atoms with Crippen molar-refractivity contribution in [2.45, 2.75) is 125 Å². The molecule has 0 bridgehead atoms. The molecule has 0 aromatic heterocycles. The largest absolute Gasteiger partial charge is 0.491 e. The third-order valence-corrected chi connectivity index (χ3v) is 12.9. The Labute approximate surface area is 429 Å². The van der Waals surface area contributed by atoms with Gasteiger partial charge < -0.3 is 39.7 Å². The highest BCUT2D eigenvalue weighted by Gasteiger charge is 2.18. The lowest BCUT2D eigenvalue weighted by molar-refractivity contribution is 0.0720. The first-order valence-electron chi connectivity index (χ1n) is 27.2. The molecule has 0 saturated heterocycles. The fourth-order valence-electron chi connectivity index (χ4n) is 8.41. The summed E-state index contributed by atoms with van der Waals surface area (Å²) in [5.41, 5.74) is 9.10. The quantitative estimate of drug-likeness (QED) is 0.0346. The van der Waals surface area contributed by atoms with Crippen LogP contribution in [-0.2, 0) is 19.5 Å². The highest BCUT2D eigenvalue weighted by molar-refractivity contribution is 5.94. The third kappa shape index (κ3) is 22.9. The van der Waals surface area contributed by atoms with Crippen molar-refractivity contribution in [1.29, 1.82) is 0 Å². The minimum Gasteiger partial charge on any atom is -0.491 e. The molecule has 0 saturated carbocycles. The van der Waals surface area contributed by atoms with Crippen molar-refractivity contribution in [3.8, 4) is 33.8 Å². The molecular weight excluding hydrogens is 881 g/mol. The van der Waals surface area contributed by atoms with Crippen LogP contribution in [0.4, 0.5) is 0 Å². The van der Waals surface area contributed by atoms with E-state index >= 15 is 0 Å². The number of hydrogen-bond acceptors (Lipinski definition) is 8. The molecule has 5 aromatic carbocycles. The lowest BCUT2D eigenvalue weighted by Gasteiger charge is -2.28. The van der Waals surface area contributed by atoms with Crippen LogP contribution in [0.3, 0.4) is 0 Å². The minimum atomic E-state index is 0.00258. The Morgan fingerprint density at radius 1 is 0.451 bits per heavy atom. The number of benzene rings is 5. The first kappa shape index (κ1) is 58.5. The van der Waals surface area contributed by atoms with Crippen molar-refractivity contribution < 1.29 is 24.5 Å². The van der Waals surface area contributed by atoms with Gasteiger partial charge in [0.05, 0.1) is 13.2 Å². The summed E-state index contributed by atoms with van der Waals surface area (Å²) in [6, 6.07) is 41.5. The summed E-state index contributed by atoms with van der Waals surface area (Å²) in [5, 5.41) is 21.4. The van der Waals surface area contributed by atoms with E-state index in [9.17, 15) is 4.79 Å². The maximum atomic E-state index is 13.8. The van der Waals surface area contributed by atoms with Gasteiger partial charge in [-0.15, -0.1) is 0 Å². The van der Waals surface area contributed by atoms with Crippen molar-refractivity contribution in [3.05, 3.63) is 144 Å². The number of unbranched alkanes of at least 4 members (excludes halogenated alkanes) is 6. The summed E-state index contributed by atoms with van der Waals surface area (Å²) in [6.45, 7) is 21.8. The number of aliphatic hydroxyl groups excluding tert-OH is 2. The second kappa shape index (κ2) is 36.0. The summed E-state index contributed by atoms with van der Waals surface area (Å²) in [4.78, 5) is 21.0. The van der Waals surface area contributed by atoms with Gasteiger partial charge >= 0.3 is 0 Å². The third-order valence-electron chi connectivity index (χ3n) is 12.9. The second-order valence-corrected chi connectivity index (χ2v) is 18.7. The van der Waals surface area contributed by atoms with Gasteiger partial charge in [-0.1, -0.05) is 158 Å². The van der Waals surface area contributed by atoms with Crippen LogP contribution in [0.2, 0.25) is 0 Å². The fourth-order valence-corrected chi connectivity index (χ4v) is 8.41. The fraction of sp³-hybridized carbons (Fsp3) is 0.500. The van der Waals surface area contributed by atoms with Crippen molar-refractivity contribution in [3.63, 3.8) is 0 Å². The molecule has 3 N–H and O–H groups in total. The number of aryl methyl sites for hydroxylation is 1. The molecule has 0 atom stereocenters. The molecule has 71 heavy (non-hydrogen) atoms. The molecule has 0 unspecified atom stereocenters. The number of carbonyl (C=O) groups excluding carboxylic acids is 1. The standard InChI is InChI=1S/C37H52N2O3.C25H38N2O2/c1-4-7-10-11-31-12-18-35(19-13-31)37(41)39(27-26-38(24-8-5-2)25-9-6-3)30-32-14-16-33(17-15-32)34-20-22-36(23-21-34)42-29-28-40;1-3-5-16-27(17-6-4-2)18-15-26-21-22-7-9-23(10-8-22)24-11-13-25(14-12-24)29-20-19-28/h12-23,40H,4-11,24-30H2,1-3H3;7-14,26,28H,3-6,15-21H2,1-2H3. The van der Waals surface area contributed by atoms with E-state index in [1.165, 1.54) is 106 Å². The number of ether oxygens (including phenoxy) is 2. The van der Waals surface area contributed by atoms with Crippen LogP contribution in [0.25, 0.3) is 22.3 Å². The summed E-state index contributed by atoms with van der Waals surface area (Å²) in [7, 11) is 0. The smallest absolute Gasteiger partial charge is 0.254 e. The van der Waals surface area contributed by atoms with Crippen LogP contribution in [0.5, 0.6) is 11.5 Å². The number of amides is 1. The lowest BCUT2D eigenvalue weighted by Crippen LogP contribution is -2.39. The van der Waals surface area contributed by atoms with Crippen LogP contribution in [0.15, 0.2) is 121 Å². The average molecular weight is 971 g/mol. The number of nitrogens with zero attached hydrogens (tertiary/aromatic N) is 3. The predicted molar refractivity (Wildman–Crippen MR) is 298 cm³/mol. The van der Waals surface area contributed by atoms with Gasteiger partial charge in [0.2, 0.25) is 0 Å². The molecule has 0 spiro atoms. The highest BCUT2D eigenvalue weighted by Crippen LogP contribution is 2.25. The summed E-state index contributed by atoms with van der Waals surface area (Å²) < 4.78 is 10.9. The van der Waals surface area contributed by atoms with E-state index in [2.05, 4.69) is 123 Å². The van der Waals surface area contributed by atoms with Gasteiger partial charge in [0.15, 0.2) is 0 Å². The molecule has 0 radical (unpaired) electrons. The number of carbonyl (C=O) groups is 1. The van der Waals surface area contributed by atoms with Crippen LogP contribution in [0.1, 0.15) is 132 Å². The zero-order chi connectivity index (χ0) is 50.7. The van der Waals surface area contributed by atoms with Crippen LogP contribution in [-0.4, -0.2) is 110 Å². The molecule has 0 aliphatic carbocycles. The van der Waals surface area contributed by atoms with Gasteiger partial charge in [0.1, 0.15) is 24.7 Å². The molecule has 0 aliphatic heterocycles.